The van der Waals surface area contributed by atoms with Gasteiger partial charge in [-0.25, -0.2) is 4.39 Å². The highest BCUT2D eigenvalue weighted by molar-refractivity contribution is 6.09. The molecule has 31 heavy (non-hydrogen) atoms. The van der Waals surface area contributed by atoms with Crippen LogP contribution in [0.1, 0.15) is 18.1 Å². The van der Waals surface area contributed by atoms with Gasteiger partial charge in [0, 0.05) is 11.3 Å². The van der Waals surface area contributed by atoms with Crippen molar-refractivity contribution in [1.29, 1.82) is 5.26 Å². The molecule has 0 heterocycles. The summed E-state index contributed by atoms with van der Waals surface area (Å²) in [7, 11) is 0. The van der Waals surface area contributed by atoms with E-state index in [1.165, 1.54) is 18.2 Å². The summed E-state index contributed by atoms with van der Waals surface area (Å²) in [6.45, 7) is 2.59. The van der Waals surface area contributed by atoms with E-state index in [2.05, 4.69) is 5.32 Å². The zero-order valence-corrected chi connectivity index (χ0v) is 17.0. The lowest BCUT2D eigenvalue weighted by molar-refractivity contribution is -0.112. The zero-order valence-electron chi connectivity index (χ0n) is 17.0. The number of rotatable bonds is 8. The normalized spacial score (nSPS) is 10.8. The van der Waals surface area contributed by atoms with Crippen molar-refractivity contribution in [2.75, 3.05) is 11.9 Å². The Morgan fingerprint density at radius 1 is 1.06 bits per heavy atom. The van der Waals surface area contributed by atoms with Crippen molar-refractivity contribution < 1.29 is 18.7 Å². The van der Waals surface area contributed by atoms with Crippen LogP contribution in [-0.2, 0) is 11.4 Å². The Morgan fingerprint density at radius 3 is 2.55 bits per heavy atom. The van der Waals surface area contributed by atoms with Crippen molar-refractivity contribution in [2.24, 2.45) is 0 Å². The Bertz CT molecular complexity index is 1120. The number of para-hydroxylation sites is 1. The van der Waals surface area contributed by atoms with E-state index < -0.39 is 5.91 Å². The molecular weight excluding hydrogens is 395 g/mol. The van der Waals surface area contributed by atoms with Crippen LogP contribution in [0.3, 0.4) is 0 Å². The van der Waals surface area contributed by atoms with Gasteiger partial charge in [-0.1, -0.05) is 30.3 Å². The number of amides is 1. The first-order valence-corrected chi connectivity index (χ1v) is 9.71. The van der Waals surface area contributed by atoms with E-state index in [0.29, 0.717) is 34.9 Å². The molecule has 0 radical (unpaired) electrons. The molecule has 1 N–H and O–H groups in total. The fourth-order valence-electron chi connectivity index (χ4n) is 2.82. The van der Waals surface area contributed by atoms with E-state index >= 15 is 0 Å². The largest absolute Gasteiger partial charge is 0.494 e. The van der Waals surface area contributed by atoms with E-state index in [-0.39, 0.29) is 18.0 Å². The highest BCUT2D eigenvalue weighted by atomic mass is 19.1. The van der Waals surface area contributed by atoms with Crippen LogP contribution in [0.4, 0.5) is 10.1 Å². The Kier molecular flexibility index (Phi) is 7.39. The number of nitrogens with zero attached hydrogens (tertiary/aromatic N) is 1. The van der Waals surface area contributed by atoms with Crippen molar-refractivity contribution in [1.82, 2.24) is 0 Å². The van der Waals surface area contributed by atoms with Gasteiger partial charge in [0.1, 0.15) is 35.6 Å². The van der Waals surface area contributed by atoms with Gasteiger partial charge in [0.25, 0.3) is 5.91 Å². The van der Waals surface area contributed by atoms with Crippen molar-refractivity contribution in [3.8, 4) is 17.6 Å². The highest BCUT2D eigenvalue weighted by Gasteiger charge is 2.12. The molecular formula is C25H21FN2O3. The molecule has 0 aromatic heterocycles. The Balaban J connectivity index is 1.74. The van der Waals surface area contributed by atoms with Gasteiger partial charge in [-0.05, 0) is 61.0 Å². The smallest absolute Gasteiger partial charge is 0.266 e. The molecule has 0 fully saturated rings. The maximum Gasteiger partial charge on any atom is 0.266 e. The van der Waals surface area contributed by atoms with Gasteiger partial charge >= 0.3 is 0 Å². The zero-order chi connectivity index (χ0) is 22.1. The molecule has 1 amide bonds. The molecule has 0 aliphatic heterocycles. The topological polar surface area (TPSA) is 71.3 Å². The molecule has 3 rings (SSSR count). The minimum atomic E-state index is -0.536. The third-order valence-corrected chi connectivity index (χ3v) is 4.29. The summed E-state index contributed by atoms with van der Waals surface area (Å²) in [6.07, 6.45) is 1.46. The molecule has 0 aliphatic rings. The predicted molar refractivity (Wildman–Crippen MR) is 117 cm³/mol. The standard InChI is InChI=1S/C25H21FN2O3/c1-2-30-23-12-10-22(11-13-23)28-25(29)20(16-27)15-19-7-3-4-9-24(19)31-17-18-6-5-8-21(26)14-18/h3-15H,2,17H2,1H3,(H,28,29)/b20-15-. The van der Waals surface area contributed by atoms with Gasteiger partial charge in [-0.15, -0.1) is 0 Å². The SMILES string of the molecule is CCOc1ccc(NC(=O)/C(C#N)=C\c2ccccc2OCc2cccc(F)c2)cc1. The second kappa shape index (κ2) is 10.6. The number of anilines is 1. The average molecular weight is 416 g/mol. The number of carbonyl (C=O) groups is 1. The van der Waals surface area contributed by atoms with Gasteiger partial charge in [0.15, 0.2) is 0 Å². The molecule has 156 valence electrons. The van der Waals surface area contributed by atoms with Crippen LogP contribution in [0.5, 0.6) is 11.5 Å². The van der Waals surface area contributed by atoms with Crippen molar-refractivity contribution in [3.63, 3.8) is 0 Å². The molecule has 0 spiro atoms. The van der Waals surface area contributed by atoms with Crippen LogP contribution in [0.2, 0.25) is 0 Å². The average Bonchev–Trinajstić information content (AvgIpc) is 2.78. The van der Waals surface area contributed by atoms with Crippen molar-refractivity contribution in [2.45, 2.75) is 13.5 Å². The minimum Gasteiger partial charge on any atom is -0.494 e. The molecule has 3 aromatic carbocycles. The minimum absolute atomic E-state index is 0.0734. The second-order valence-corrected chi connectivity index (χ2v) is 6.54. The number of hydrogen-bond acceptors (Lipinski definition) is 4. The Morgan fingerprint density at radius 2 is 1.84 bits per heavy atom. The van der Waals surface area contributed by atoms with Gasteiger partial charge in [0.05, 0.1) is 6.61 Å². The summed E-state index contributed by atoms with van der Waals surface area (Å²) < 4.78 is 24.5. The molecule has 0 bridgehead atoms. The number of carbonyl (C=O) groups excluding carboxylic acids is 1. The Labute approximate surface area is 180 Å². The van der Waals surface area contributed by atoms with Crippen LogP contribution in [-0.4, -0.2) is 12.5 Å². The maximum atomic E-state index is 13.4. The molecule has 6 heteroatoms. The number of nitriles is 1. The summed E-state index contributed by atoms with van der Waals surface area (Å²) in [5.74, 6) is 0.299. The first-order valence-electron chi connectivity index (χ1n) is 9.71. The number of nitrogens with one attached hydrogen (secondary N) is 1. The van der Waals surface area contributed by atoms with Crippen LogP contribution in [0.15, 0.2) is 78.4 Å². The molecule has 0 saturated carbocycles. The molecule has 0 unspecified atom stereocenters. The van der Waals surface area contributed by atoms with E-state index in [1.54, 1.807) is 60.7 Å². The molecule has 0 aliphatic carbocycles. The monoisotopic (exact) mass is 416 g/mol. The third kappa shape index (κ3) is 6.18. The number of hydrogen-bond donors (Lipinski definition) is 1. The lowest BCUT2D eigenvalue weighted by Gasteiger charge is -2.10. The maximum absolute atomic E-state index is 13.4. The predicted octanol–water partition coefficient (Wildman–Crippen LogP) is 5.35. The van der Waals surface area contributed by atoms with E-state index in [9.17, 15) is 14.4 Å². The third-order valence-electron chi connectivity index (χ3n) is 4.29. The van der Waals surface area contributed by atoms with Crippen LogP contribution < -0.4 is 14.8 Å². The molecule has 3 aromatic rings. The van der Waals surface area contributed by atoms with Gasteiger partial charge in [-0.2, -0.15) is 5.26 Å². The van der Waals surface area contributed by atoms with Gasteiger partial charge in [-0.3, -0.25) is 4.79 Å². The molecule has 0 saturated heterocycles. The fraction of sp³-hybridized carbons (Fsp3) is 0.120. The highest BCUT2D eigenvalue weighted by Crippen LogP contribution is 2.23. The van der Waals surface area contributed by atoms with Crippen LogP contribution in [0.25, 0.3) is 6.08 Å². The van der Waals surface area contributed by atoms with E-state index in [4.69, 9.17) is 9.47 Å². The molecule has 0 atom stereocenters. The summed E-state index contributed by atoms with van der Waals surface area (Å²) in [6, 6.07) is 22.0. The summed E-state index contributed by atoms with van der Waals surface area (Å²) in [5.41, 5.74) is 1.71. The summed E-state index contributed by atoms with van der Waals surface area (Å²) >= 11 is 0. The molecule has 5 nitrogen and oxygen atoms in total. The fourth-order valence-corrected chi connectivity index (χ4v) is 2.82. The summed E-state index contributed by atoms with van der Waals surface area (Å²) in [5, 5.41) is 12.2. The van der Waals surface area contributed by atoms with Gasteiger partial charge < -0.3 is 14.8 Å². The van der Waals surface area contributed by atoms with E-state index in [1.807, 2.05) is 13.0 Å². The summed E-state index contributed by atoms with van der Waals surface area (Å²) in [4.78, 5) is 12.6. The lowest BCUT2D eigenvalue weighted by Crippen LogP contribution is -2.13. The number of ether oxygens (including phenoxy) is 2. The Hall–Kier alpha value is -4.11. The van der Waals surface area contributed by atoms with Crippen molar-refractivity contribution >= 4 is 17.7 Å². The first-order chi connectivity index (χ1) is 15.1. The second-order valence-electron chi connectivity index (χ2n) is 6.54. The van der Waals surface area contributed by atoms with Crippen LogP contribution in [0, 0.1) is 17.1 Å². The van der Waals surface area contributed by atoms with Crippen molar-refractivity contribution in [3.05, 3.63) is 95.3 Å². The quantitative estimate of drug-likeness (QED) is 0.397. The van der Waals surface area contributed by atoms with Crippen LogP contribution >= 0.6 is 0 Å². The van der Waals surface area contributed by atoms with E-state index in [0.717, 1.165) is 0 Å². The number of halogens is 1. The lowest BCUT2D eigenvalue weighted by atomic mass is 10.1. The van der Waals surface area contributed by atoms with Gasteiger partial charge in [0.2, 0.25) is 0 Å². The number of benzene rings is 3. The first kappa shape index (κ1) is 21.6.